The first-order valence-electron chi connectivity index (χ1n) is 5.53. The molecule has 15 heavy (non-hydrogen) atoms. The van der Waals surface area contributed by atoms with Crippen LogP contribution in [0.25, 0.3) is 0 Å². The fourth-order valence-corrected chi connectivity index (χ4v) is 1.89. The number of carbonyl (C=O) groups is 2. The van der Waals surface area contributed by atoms with Crippen molar-refractivity contribution in [3.63, 3.8) is 0 Å². The van der Waals surface area contributed by atoms with E-state index >= 15 is 0 Å². The number of hydrogen-bond acceptors (Lipinski definition) is 3. The average molecular weight is 213 g/mol. The lowest BCUT2D eigenvalue weighted by Gasteiger charge is -2.30. The van der Waals surface area contributed by atoms with Gasteiger partial charge in [0, 0.05) is 12.8 Å². The Labute approximate surface area is 90.3 Å². The normalized spacial score (nSPS) is 20.7. The molecule has 1 saturated heterocycles. The van der Waals surface area contributed by atoms with Gasteiger partial charge in [0.05, 0.1) is 12.6 Å². The Morgan fingerprint density at radius 1 is 1.20 bits per heavy atom. The van der Waals surface area contributed by atoms with Crippen LogP contribution in [0.5, 0.6) is 0 Å². The first-order chi connectivity index (χ1) is 7.07. The third kappa shape index (κ3) is 2.78. The predicted molar refractivity (Wildman–Crippen MR) is 56.0 cm³/mol. The largest absolute Gasteiger partial charge is 0.394 e. The topological polar surface area (TPSA) is 57.6 Å². The van der Waals surface area contributed by atoms with Crippen molar-refractivity contribution < 1.29 is 14.7 Å². The van der Waals surface area contributed by atoms with Crippen LogP contribution in [-0.2, 0) is 9.59 Å². The third-order valence-corrected chi connectivity index (χ3v) is 2.86. The number of imide groups is 1. The monoisotopic (exact) mass is 213 g/mol. The van der Waals surface area contributed by atoms with Gasteiger partial charge in [0.25, 0.3) is 0 Å². The molecular formula is C11H19NO3. The summed E-state index contributed by atoms with van der Waals surface area (Å²) in [6, 6.07) is -0.358. The molecule has 0 aromatic heterocycles. The summed E-state index contributed by atoms with van der Waals surface area (Å²) < 4.78 is 0. The van der Waals surface area contributed by atoms with Crippen LogP contribution in [0.1, 0.15) is 39.5 Å². The summed E-state index contributed by atoms with van der Waals surface area (Å²) in [5, 5.41) is 9.23. The summed E-state index contributed by atoms with van der Waals surface area (Å²) in [7, 11) is 0. The molecule has 0 bridgehead atoms. The minimum Gasteiger partial charge on any atom is -0.394 e. The second-order valence-corrected chi connectivity index (χ2v) is 4.36. The van der Waals surface area contributed by atoms with Crippen molar-refractivity contribution >= 4 is 11.8 Å². The van der Waals surface area contributed by atoms with Crippen LogP contribution in [-0.4, -0.2) is 34.5 Å². The zero-order chi connectivity index (χ0) is 11.4. The molecule has 0 aliphatic carbocycles. The number of hydrogen-bond donors (Lipinski definition) is 1. The van der Waals surface area contributed by atoms with E-state index in [-0.39, 0.29) is 30.4 Å². The standard InChI is InChI=1S/C11H19NO3/c1-8(2)9(7-13)12-10(14)5-3-4-6-11(12)15/h8-9,13H,3-7H2,1-2H3. The van der Waals surface area contributed by atoms with E-state index in [1.807, 2.05) is 13.8 Å². The molecule has 0 aromatic rings. The first kappa shape index (κ1) is 12.2. The van der Waals surface area contributed by atoms with E-state index in [1.165, 1.54) is 4.90 Å². The summed E-state index contributed by atoms with van der Waals surface area (Å²) >= 11 is 0. The van der Waals surface area contributed by atoms with Crippen LogP contribution < -0.4 is 0 Å². The number of aliphatic hydroxyl groups excluding tert-OH is 1. The Bertz CT molecular complexity index is 232. The first-order valence-corrected chi connectivity index (χ1v) is 5.53. The van der Waals surface area contributed by atoms with Gasteiger partial charge in [0.2, 0.25) is 11.8 Å². The highest BCUT2D eigenvalue weighted by Crippen LogP contribution is 2.19. The fraction of sp³-hybridized carbons (Fsp3) is 0.818. The Balaban J connectivity index is 2.85. The number of nitrogens with zero attached hydrogens (tertiary/aromatic N) is 1. The summed E-state index contributed by atoms with van der Waals surface area (Å²) in [5.41, 5.74) is 0. The number of aliphatic hydroxyl groups is 1. The predicted octanol–water partition coefficient (Wildman–Crippen LogP) is 0.932. The Hall–Kier alpha value is -0.900. The highest BCUT2D eigenvalue weighted by atomic mass is 16.3. The molecule has 1 rings (SSSR count). The quantitative estimate of drug-likeness (QED) is 0.710. The van der Waals surface area contributed by atoms with Crippen molar-refractivity contribution in [2.75, 3.05) is 6.61 Å². The number of likely N-dealkylation sites (tertiary alicyclic amines) is 1. The van der Waals surface area contributed by atoms with Crippen LogP contribution in [0.4, 0.5) is 0 Å². The molecule has 0 saturated carbocycles. The molecular weight excluding hydrogens is 194 g/mol. The van der Waals surface area contributed by atoms with E-state index in [9.17, 15) is 14.7 Å². The number of rotatable bonds is 3. The molecule has 0 aromatic carbocycles. The zero-order valence-electron chi connectivity index (χ0n) is 9.40. The minimum atomic E-state index is -0.358. The number of carbonyl (C=O) groups excluding carboxylic acids is 2. The zero-order valence-corrected chi connectivity index (χ0v) is 9.40. The molecule has 4 heteroatoms. The molecule has 1 atom stereocenters. The number of amides is 2. The minimum absolute atomic E-state index is 0.0981. The van der Waals surface area contributed by atoms with Crippen molar-refractivity contribution in [3.05, 3.63) is 0 Å². The van der Waals surface area contributed by atoms with Crippen LogP contribution >= 0.6 is 0 Å². The van der Waals surface area contributed by atoms with Gasteiger partial charge in [-0.1, -0.05) is 13.8 Å². The molecule has 1 heterocycles. The van der Waals surface area contributed by atoms with Gasteiger partial charge >= 0.3 is 0 Å². The molecule has 2 amide bonds. The maximum Gasteiger partial charge on any atom is 0.229 e. The average Bonchev–Trinajstić information content (AvgIpc) is 2.32. The van der Waals surface area contributed by atoms with Gasteiger partial charge in [-0.2, -0.15) is 0 Å². The SMILES string of the molecule is CC(C)C(CO)N1C(=O)CCCCC1=O. The van der Waals surface area contributed by atoms with Gasteiger partial charge in [-0.15, -0.1) is 0 Å². The van der Waals surface area contributed by atoms with Crippen LogP contribution in [0.2, 0.25) is 0 Å². The molecule has 0 spiro atoms. The molecule has 1 N–H and O–H groups in total. The molecule has 1 unspecified atom stereocenters. The Morgan fingerprint density at radius 2 is 1.67 bits per heavy atom. The molecule has 1 aliphatic rings. The second kappa shape index (κ2) is 5.26. The molecule has 4 nitrogen and oxygen atoms in total. The summed E-state index contributed by atoms with van der Waals surface area (Å²) in [6.45, 7) is 3.67. The smallest absolute Gasteiger partial charge is 0.229 e. The van der Waals surface area contributed by atoms with E-state index < -0.39 is 0 Å². The Kier molecular flexibility index (Phi) is 4.27. The van der Waals surface area contributed by atoms with E-state index in [2.05, 4.69) is 0 Å². The van der Waals surface area contributed by atoms with Crippen LogP contribution in [0.3, 0.4) is 0 Å². The van der Waals surface area contributed by atoms with E-state index in [0.717, 1.165) is 12.8 Å². The van der Waals surface area contributed by atoms with Gasteiger partial charge in [-0.25, -0.2) is 0 Å². The van der Waals surface area contributed by atoms with Crippen LogP contribution in [0.15, 0.2) is 0 Å². The highest BCUT2D eigenvalue weighted by molar-refractivity contribution is 5.96. The molecule has 0 radical (unpaired) electrons. The lowest BCUT2D eigenvalue weighted by atomic mass is 10.0. The van der Waals surface area contributed by atoms with Gasteiger partial charge in [-0.3, -0.25) is 14.5 Å². The lowest BCUT2D eigenvalue weighted by molar-refractivity contribution is -0.149. The van der Waals surface area contributed by atoms with Crippen LogP contribution in [0, 0.1) is 5.92 Å². The highest BCUT2D eigenvalue weighted by Gasteiger charge is 2.32. The van der Waals surface area contributed by atoms with Gasteiger partial charge in [0.15, 0.2) is 0 Å². The van der Waals surface area contributed by atoms with E-state index in [0.29, 0.717) is 12.8 Å². The molecule has 1 fully saturated rings. The van der Waals surface area contributed by atoms with Gasteiger partial charge in [0.1, 0.15) is 0 Å². The lowest BCUT2D eigenvalue weighted by Crippen LogP contribution is -2.48. The summed E-state index contributed by atoms with van der Waals surface area (Å²) in [6.07, 6.45) is 2.40. The summed E-state index contributed by atoms with van der Waals surface area (Å²) in [5.74, 6) is -0.170. The maximum atomic E-state index is 11.7. The molecule has 1 aliphatic heterocycles. The third-order valence-electron chi connectivity index (χ3n) is 2.86. The van der Waals surface area contributed by atoms with E-state index in [4.69, 9.17) is 0 Å². The fourth-order valence-electron chi connectivity index (χ4n) is 1.89. The van der Waals surface area contributed by atoms with Crippen molar-refractivity contribution in [2.24, 2.45) is 5.92 Å². The van der Waals surface area contributed by atoms with Crippen molar-refractivity contribution in [2.45, 2.75) is 45.6 Å². The Morgan fingerprint density at radius 3 is 2.00 bits per heavy atom. The summed E-state index contributed by atoms with van der Waals surface area (Å²) in [4.78, 5) is 24.7. The second-order valence-electron chi connectivity index (χ2n) is 4.36. The van der Waals surface area contributed by atoms with Crippen molar-refractivity contribution in [1.82, 2.24) is 4.90 Å². The van der Waals surface area contributed by atoms with Gasteiger partial charge in [-0.05, 0) is 18.8 Å². The van der Waals surface area contributed by atoms with Crippen molar-refractivity contribution in [1.29, 1.82) is 0 Å². The maximum absolute atomic E-state index is 11.7. The van der Waals surface area contributed by atoms with E-state index in [1.54, 1.807) is 0 Å². The van der Waals surface area contributed by atoms with Crippen molar-refractivity contribution in [3.8, 4) is 0 Å². The van der Waals surface area contributed by atoms with Gasteiger partial charge < -0.3 is 5.11 Å². The molecule has 86 valence electrons.